The first-order valence-corrected chi connectivity index (χ1v) is 7.59. The third-order valence-corrected chi connectivity index (χ3v) is 3.76. The molecule has 0 aliphatic carbocycles. The van der Waals surface area contributed by atoms with Crippen LogP contribution in [0.25, 0.3) is 11.0 Å². The van der Waals surface area contributed by atoms with Crippen LogP contribution in [0.1, 0.15) is 24.2 Å². The van der Waals surface area contributed by atoms with Crippen molar-refractivity contribution in [2.45, 2.75) is 19.4 Å². The van der Waals surface area contributed by atoms with Gasteiger partial charge in [-0.3, -0.25) is 0 Å². The molecular weight excluding hydrogens is 308 g/mol. The predicted molar refractivity (Wildman–Crippen MR) is 89.3 cm³/mol. The molecule has 0 unspecified atom stereocenters. The first-order valence-electron chi connectivity index (χ1n) is 7.59. The Morgan fingerprint density at radius 3 is 2.58 bits per heavy atom. The average Bonchev–Trinajstić information content (AvgIpc) is 2.59. The maximum Gasteiger partial charge on any atom is 0.349 e. The van der Waals surface area contributed by atoms with Gasteiger partial charge in [-0.1, -0.05) is 37.3 Å². The lowest BCUT2D eigenvalue weighted by Crippen LogP contribution is -2.18. The van der Waals surface area contributed by atoms with E-state index in [0.717, 1.165) is 10.9 Å². The van der Waals surface area contributed by atoms with E-state index in [1.54, 1.807) is 48.5 Å². The molecule has 0 saturated heterocycles. The maximum atomic E-state index is 11.6. The fourth-order valence-corrected chi connectivity index (χ4v) is 2.60. The highest BCUT2D eigenvalue weighted by molar-refractivity contribution is 5.82. The number of carboxylic acid groups (broad SMARTS) is 1. The molecule has 1 N–H and O–H groups in total. The Bertz CT molecular complexity index is 927. The summed E-state index contributed by atoms with van der Waals surface area (Å²) in [6, 6.07) is 15.2. The lowest BCUT2D eigenvalue weighted by molar-refractivity contribution is -0.145. The van der Waals surface area contributed by atoms with Crippen LogP contribution in [0, 0.1) is 0 Å². The summed E-state index contributed by atoms with van der Waals surface area (Å²) >= 11 is 0. The Balaban J connectivity index is 2.00. The third-order valence-electron chi connectivity index (χ3n) is 3.76. The number of fused-ring (bicyclic) bond motifs is 1. The van der Waals surface area contributed by atoms with Crippen LogP contribution in [-0.4, -0.2) is 11.1 Å². The molecule has 0 aliphatic rings. The topological polar surface area (TPSA) is 76.7 Å². The van der Waals surface area contributed by atoms with Gasteiger partial charge in [0.05, 0.1) is 0 Å². The summed E-state index contributed by atoms with van der Waals surface area (Å²) < 4.78 is 10.8. The van der Waals surface area contributed by atoms with Crippen LogP contribution in [0.4, 0.5) is 0 Å². The summed E-state index contributed by atoms with van der Waals surface area (Å²) in [5, 5.41) is 10.2. The van der Waals surface area contributed by atoms with Crippen molar-refractivity contribution in [3.8, 4) is 5.75 Å². The van der Waals surface area contributed by atoms with Crippen molar-refractivity contribution in [3.05, 3.63) is 76.1 Å². The molecule has 3 aromatic rings. The van der Waals surface area contributed by atoms with Crippen LogP contribution >= 0.6 is 0 Å². The van der Waals surface area contributed by atoms with E-state index in [0.29, 0.717) is 23.3 Å². The molecule has 0 spiro atoms. The Kier molecular flexibility index (Phi) is 4.33. The third kappa shape index (κ3) is 3.15. The zero-order valence-corrected chi connectivity index (χ0v) is 13.1. The molecular formula is C19H16O5. The van der Waals surface area contributed by atoms with Crippen molar-refractivity contribution in [1.29, 1.82) is 0 Å². The van der Waals surface area contributed by atoms with Gasteiger partial charge in [-0.05, 0) is 24.1 Å². The van der Waals surface area contributed by atoms with Gasteiger partial charge in [0.25, 0.3) is 0 Å². The van der Waals surface area contributed by atoms with E-state index < -0.39 is 17.7 Å². The number of rotatable bonds is 5. The van der Waals surface area contributed by atoms with Gasteiger partial charge in [0.1, 0.15) is 11.3 Å². The van der Waals surface area contributed by atoms with Crippen molar-refractivity contribution >= 4 is 16.9 Å². The number of ether oxygens (including phenoxy) is 1. The van der Waals surface area contributed by atoms with Crippen molar-refractivity contribution in [2.75, 3.05) is 0 Å². The molecule has 3 rings (SSSR count). The number of carboxylic acids is 1. The minimum atomic E-state index is -1.13. The average molecular weight is 324 g/mol. The second-order valence-corrected chi connectivity index (χ2v) is 5.35. The molecule has 122 valence electrons. The molecule has 0 aliphatic heterocycles. The van der Waals surface area contributed by atoms with Crippen LogP contribution in [0.5, 0.6) is 5.75 Å². The van der Waals surface area contributed by atoms with Crippen molar-refractivity contribution in [1.82, 2.24) is 0 Å². The Morgan fingerprint density at radius 1 is 1.17 bits per heavy atom. The van der Waals surface area contributed by atoms with Gasteiger partial charge >= 0.3 is 11.6 Å². The molecule has 2 aromatic carbocycles. The van der Waals surface area contributed by atoms with Crippen LogP contribution in [0.15, 0.2) is 63.8 Å². The summed E-state index contributed by atoms with van der Waals surface area (Å²) in [7, 11) is 0. The van der Waals surface area contributed by atoms with Gasteiger partial charge in [0.15, 0.2) is 0 Å². The lowest BCUT2D eigenvalue weighted by atomic mass is 10.1. The summed E-state index contributed by atoms with van der Waals surface area (Å²) in [5.41, 5.74) is 1.36. The van der Waals surface area contributed by atoms with Crippen molar-refractivity contribution < 1.29 is 19.1 Å². The number of hydrogen-bond donors (Lipinski definition) is 1. The van der Waals surface area contributed by atoms with Gasteiger partial charge in [0, 0.05) is 23.1 Å². The predicted octanol–water partition coefficient (Wildman–Crippen LogP) is 3.56. The smallest absolute Gasteiger partial charge is 0.349 e. The van der Waals surface area contributed by atoms with E-state index in [2.05, 4.69) is 0 Å². The van der Waals surface area contributed by atoms with Crippen molar-refractivity contribution in [3.63, 3.8) is 0 Å². The van der Waals surface area contributed by atoms with Crippen LogP contribution in [0.2, 0.25) is 0 Å². The first kappa shape index (κ1) is 15.8. The van der Waals surface area contributed by atoms with Gasteiger partial charge in [0.2, 0.25) is 6.10 Å². The molecule has 1 atom stereocenters. The zero-order valence-electron chi connectivity index (χ0n) is 13.1. The maximum absolute atomic E-state index is 11.6. The molecule has 1 heterocycles. The van der Waals surface area contributed by atoms with Crippen LogP contribution in [0.3, 0.4) is 0 Å². The minimum Gasteiger partial charge on any atom is -0.478 e. The van der Waals surface area contributed by atoms with E-state index in [1.807, 2.05) is 6.92 Å². The highest BCUT2D eigenvalue weighted by Crippen LogP contribution is 2.27. The molecule has 0 amide bonds. The fourth-order valence-electron chi connectivity index (χ4n) is 2.60. The lowest BCUT2D eigenvalue weighted by Gasteiger charge is -2.16. The van der Waals surface area contributed by atoms with Crippen molar-refractivity contribution in [2.24, 2.45) is 0 Å². The van der Waals surface area contributed by atoms with E-state index in [9.17, 15) is 14.7 Å². The Hall–Kier alpha value is -3.08. The molecule has 24 heavy (non-hydrogen) atoms. The second-order valence-electron chi connectivity index (χ2n) is 5.35. The molecule has 0 bridgehead atoms. The standard InChI is InChI=1S/C19H16O5/c1-2-12-10-17(20)24-16-11-14(8-9-15(12)16)23-18(19(21)22)13-6-4-3-5-7-13/h3-11,18H,2H2,1H3,(H,21,22)/t18-/m0/s1. The summed E-state index contributed by atoms with van der Waals surface area (Å²) in [5.74, 6) is -0.764. The van der Waals surface area contributed by atoms with Gasteiger partial charge in [-0.15, -0.1) is 0 Å². The summed E-state index contributed by atoms with van der Waals surface area (Å²) in [4.78, 5) is 23.1. The number of aliphatic carboxylic acids is 1. The Morgan fingerprint density at radius 2 is 1.92 bits per heavy atom. The molecule has 0 radical (unpaired) electrons. The summed E-state index contributed by atoms with van der Waals surface area (Å²) in [6.45, 7) is 1.95. The molecule has 0 fully saturated rings. The molecule has 5 nitrogen and oxygen atoms in total. The molecule has 0 saturated carbocycles. The van der Waals surface area contributed by atoms with E-state index >= 15 is 0 Å². The number of carbonyl (C=O) groups is 1. The quantitative estimate of drug-likeness (QED) is 0.726. The largest absolute Gasteiger partial charge is 0.478 e. The zero-order chi connectivity index (χ0) is 17.1. The number of hydrogen-bond acceptors (Lipinski definition) is 4. The van der Waals surface area contributed by atoms with Crippen LogP contribution < -0.4 is 10.4 Å². The van der Waals surface area contributed by atoms with Gasteiger partial charge < -0.3 is 14.3 Å². The first-order chi connectivity index (χ1) is 11.6. The van der Waals surface area contributed by atoms with Gasteiger partial charge in [-0.25, -0.2) is 9.59 Å². The molecule has 5 heteroatoms. The van der Waals surface area contributed by atoms with E-state index in [4.69, 9.17) is 9.15 Å². The number of benzene rings is 2. The monoisotopic (exact) mass is 324 g/mol. The minimum absolute atomic E-state index is 0.329. The van der Waals surface area contributed by atoms with Crippen LogP contribution in [-0.2, 0) is 11.2 Å². The second kappa shape index (κ2) is 6.58. The highest BCUT2D eigenvalue weighted by Gasteiger charge is 2.22. The Labute approximate surface area is 138 Å². The fraction of sp³-hybridized carbons (Fsp3) is 0.158. The number of aryl methyl sites for hydroxylation is 1. The van der Waals surface area contributed by atoms with Gasteiger partial charge in [-0.2, -0.15) is 0 Å². The SMILES string of the molecule is CCc1cc(=O)oc2cc(O[C@H](C(=O)O)c3ccccc3)ccc12. The highest BCUT2D eigenvalue weighted by atomic mass is 16.5. The normalized spacial score (nSPS) is 12.0. The molecule has 1 aromatic heterocycles. The summed E-state index contributed by atoms with van der Waals surface area (Å²) in [6.07, 6.45) is -0.436. The van der Waals surface area contributed by atoms with E-state index in [-0.39, 0.29) is 0 Å². The van der Waals surface area contributed by atoms with E-state index in [1.165, 1.54) is 6.07 Å².